The second kappa shape index (κ2) is 11.2. The average Bonchev–Trinajstić information content (AvgIpc) is 3.14. The van der Waals surface area contributed by atoms with Gasteiger partial charge in [0.2, 0.25) is 0 Å². The maximum Gasteiger partial charge on any atom is 4.00 e. The Morgan fingerprint density at radius 2 is 1.00 bits per heavy atom. The maximum atomic E-state index is 2.38. The zero-order valence-electron chi connectivity index (χ0n) is 19.4. The minimum Gasteiger partial charge on any atom is -1.00 e. The fourth-order valence-electron chi connectivity index (χ4n) is 5.01. The number of hydrogen-bond acceptors (Lipinski definition) is 0. The monoisotopic (exact) mass is 486 g/mol. The topological polar surface area (TPSA) is 0 Å². The van der Waals surface area contributed by atoms with Gasteiger partial charge in [-0.25, -0.2) is 0 Å². The van der Waals surface area contributed by atoms with Crippen molar-refractivity contribution in [3.63, 3.8) is 0 Å². The minimum atomic E-state index is 0. The first kappa shape index (κ1) is 28.0. The molecule has 0 unspecified atom stereocenters. The van der Waals surface area contributed by atoms with Crippen molar-refractivity contribution >= 4 is 21.5 Å². The first-order valence-electron chi connectivity index (χ1n) is 10.7. The summed E-state index contributed by atoms with van der Waals surface area (Å²) in [6, 6.07) is 18.4. The van der Waals surface area contributed by atoms with E-state index in [1.165, 1.54) is 43.8 Å². The van der Waals surface area contributed by atoms with Crippen LogP contribution < -0.4 is 24.8 Å². The standard InChI is InChI=1S/C28H32.2ClH.Ti/c1-17(2)23-11-7-9-21-15-19(5)25(27(21)23)13-14-26-20(6)16-22-10-8-12-24(18(3)4)28(22)26;;;/h7-12,15-18H,13-14H2,1-6H3;2*1H;/q-2;;;+4/p-2. The normalized spacial score (nSPS) is 11.0. The first-order chi connectivity index (χ1) is 13.4. The largest absolute Gasteiger partial charge is 4.00 e. The van der Waals surface area contributed by atoms with Crippen LogP contribution in [0.25, 0.3) is 21.5 Å². The van der Waals surface area contributed by atoms with Crippen LogP contribution in [0.4, 0.5) is 0 Å². The van der Waals surface area contributed by atoms with Crippen molar-refractivity contribution in [3.8, 4) is 0 Å². The van der Waals surface area contributed by atoms with Crippen LogP contribution in [0, 0.1) is 13.8 Å². The van der Waals surface area contributed by atoms with E-state index in [1.807, 2.05) is 0 Å². The molecule has 0 aliphatic carbocycles. The zero-order chi connectivity index (χ0) is 20.0. The minimum absolute atomic E-state index is 0. The van der Waals surface area contributed by atoms with Gasteiger partial charge in [-0.05, 0) is 11.8 Å². The molecule has 4 rings (SSSR count). The summed E-state index contributed by atoms with van der Waals surface area (Å²) in [7, 11) is 0. The summed E-state index contributed by atoms with van der Waals surface area (Å²) in [6.07, 6.45) is 2.23. The van der Waals surface area contributed by atoms with Crippen molar-refractivity contribution in [3.05, 3.63) is 81.9 Å². The van der Waals surface area contributed by atoms with Crippen molar-refractivity contribution in [2.24, 2.45) is 0 Å². The predicted octanol–water partition coefficient (Wildman–Crippen LogP) is 2.09. The molecule has 0 bridgehead atoms. The third kappa shape index (κ3) is 5.14. The molecule has 0 aliphatic rings. The van der Waals surface area contributed by atoms with Gasteiger partial charge in [0.25, 0.3) is 0 Å². The summed E-state index contributed by atoms with van der Waals surface area (Å²) in [6.45, 7) is 13.8. The van der Waals surface area contributed by atoms with Crippen LogP contribution in [0.15, 0.2) is 48.5 Å². The Bertz CT molecular complexity index is 1050. The van der Waals surface area contributed by atoms with Gasteiger partial charge in [-0.1, -0.05) is 77.6 Å². The van der Waals surface area contributed by atoms with E-state index in [1.54, 1.807) is 11.1 Å². The van der Waals surface area contributed by atoms with Crippen LogP contribution in [0.2, 0.25) is 0 Å². The average molecular weight is 487 g/mol. The summed E-state index contributed by atoms with van der Waals surface area (Å²) < 4.78 is 0. The second-order valence-electron chi connectivity index (χ2n) is 9.04. The number of halogens is 2. The molecule has 0 saturated carbocycles. The molecule has 0 fully saturated rings. The van der Waals surface area contributed by atoms with E-state index in [-0.39, 0.29) is 46.5 Å². The number of rotatable bonds is 5. The Morgan fingerprint density at radius 3 is 1.32 bits per heavy atom. The van der Waals surface area contributed by atoms with Crippen molar-refractivity contribution in [2.75, 3.05) is 0 Å². The number of aryl methyl sites for hydroxylation is 4. The van der Waals surface area contributed by atoms with Crippen molar-refractivity contribution in [1.82, 2.24) is 0 Å². The van der Waals surface area contributed by atoms with Gasteiger partial charge in [-0.3, -0.25) is 0 Å². The fraction of sp³-hybridized carbons (Fsp3) is 0.357. The van der Waals surface area contributed by atoms with Gasteiger partial charge < -0.3 is 24.8 Å². The molecule has 0 atom stereocenters. The van der Waals surface area contributed by atoms with Crippen LogP contribution >= 0.6 is 0 Å². The summed E-state index contributed by atoms with van der Waals surface area (Å²) >= 11 is 0. The van der Waals surface area contributed by atoms with E-state index in [9.17, 15) is 0 Å². The van der Waals surface area contributed by atoms with Crippen molar-refractivity contribution < 1.29 is 46.5 Å². The van der Waals surface area contributed by atoms with E-state index < -0.39 is 0 Å². The molecule has 0 aromatic heterocycles. The third-order valence-electron chi connectivity index (χ3n) is 6.43. The molecule has 162 valence electrons. The molecule has 0 N–H and O–H groups in total. The van der Waals surface area contributed by atoms with E-state index in [0.717, 1.165) is 12.8 Å². The van der Waals surface area contributed by atoms with Gasteiger partial charge in [0.1, 0.15) is 0 Å². The van der Waals surface area contributed by atoms with E-state index in [0.29, 0.717) is 11.8 Å². The molecular weight excluding hydrogens is 455 g/mol. The van der Waals surface area contributed by atoms with Crippen LogP contribution in [-0.4, -0.2) is 0 Å². The Morgan fingerprint density at radius 1 is 0.645 bits per heavy atom. The number of fused-ring (bicyclic) bond motifs is 2. The van der Waals surface area contributed by atoms with Gasteiger partial charge in [0.05, 0.1) is 0 Å². The smallest absolute Gasteiger partial charge is 1.00 e. The second-order valence-corrected chi connectivity index (χ2v) is 9.04. The molecule has 0 aliphatic heterocycles. The maximum absolute atomic E-state index is 2.38. The third-order valence-corrected chi connectivity index (χ3v) is 6.43. The molecule has 31 heavy (non-hydrogen) atoms. The Kier molecular flexibility index (Phi) is 10.1. The van der Waals surface area contributed by atoms with Crippen molar-refractivity contribution in [2.45, 2.75) is 66.2 Å². The Hall–Kier alpha value is -1.05. The van der Waals surface area contributed by atoms with Crippen molar-refractivity contribution in [1.29, 1.82) is 0 Å². The SMILES string of the molecule is Cc1[cH-]c2cccc(C(C)C)c2c1CCc1c(C)[cH-]c2cccc(C(C)C)c12.[Cl-].[Cl-].[Ti+4]. The first-order valence-corrected chi connectivity index (χ1v) is 10.7. The van der Waals surface area contributed by atoms with Crippen LogP contribution in [0.3, 0.4) is 0 Å². The predicted molar refractivity (Wildman–Crippen MR) is 124 cm³/mol. The summed E-state index contributed by atoms with van der Waals surface area (Å²) in [5.41, 5.74) is 8.98. The molecule has 0 nitrogen and oxygen atoms in total. The number of hydrogen-bond donors (Lipinski definition) is 0. The molecule has 0 saturated heterocycles. The molecular formula is C28H32Cl2Ti. The molecule has 0 heterocycles. The van der Waals surface area contributed by atoms with Gasteiger partial charge in [-0.15, -0.1) is 69.1 Å². The Labute approximate surface area is 215 Å². The van der Waals surface area contributed by atoms with E-state index >= 15 is 0 Å². The molecule has 3 heteroatoms. The number of benzene rings is 2. The summed E-state index contributed by atoms with van der Waals surface area (Å²) in [5.74, 6) is 1.11. The van der Waals surface area contributed by atoms with Crippen LogP contribution in [0.5, 0.6) is 0 Å². The molecule has 4 aromatic rings. The van der Waals surface area contributed by atoms with Gasteiger partial charge in [0.15, 0.2) is 0 Å². The zero-order valence-corrected chi connectivity index (χ0v) is 22.5. The molecule has 0 amide bonds. The summed E-state index contributed by atoms with van der Waals surface area (Å²) in [5, 5.41) is 5.83. The van der Waals surface area contributed by atoms with Gasteiger partial charge in [-0.2, -0.15) is 11.1 Å². The van der Waals surface area contributed by atoms with E-state index in [2.05, 4.69) is 90.1 Å². The quantitative estimate of drug-likeness (QED) is 0.299. The van der Waals surface area contributed by atoms with E-state index in [4.69, 9.17) is 0 Å². The Balaban J connectivity index is 0.00000160. The fourth-order valence-corrected chi connectivity index (χ4v) is 5.01. The molecule has 0 spiro atoms. The molecule has 0 radical (unpaired) electrons. The molecule has 4 aromatic carbocycles. The summed E-state index contributed by atoms with van der Waals surface area (Å²) in [4.78, 5) is 0. The van der Waals surface area contributed by atoms with Crippen LogP contribution in [0.1, 0.15) is 72.9 Å². The van der Waals surface area contributed by atoms with Gasteiger partial charge >= 0.3 is 21.7 Å². The van der Waals surface area contributed by atoms with Gasteiger partial charge in [0, 0.05) is 0 Å². The van der Waals surface area contributed by atoms with Crippen LogP contribution in [-0.2, 0) is 34.6 Å².